The van der Waals surface area contributed by atoms with E-state index in [9.17, 15) is 13.2 Å². The molecule has 0 aliphatic carbocycles. The second-order valence-electron chi connectivity index (χ2n) is 7.92. The molecule has 0 fully saturated rings. The first-order valence-corrected chi connectivity index (χ1v) is 12.5. The molecule has 0 aliphatic rings. The average Bonchev–Trinajstić information content (AvgIpc) is 3.32. The van der Waals surface area contributed by atoms with Gasteiger partial charge in [0.1, 0.15) is 6.04 Å². The quantitative estimate of drug-likeness (QED) is 0.437. The van der Waals surface area contributed by atoms with Crippen molar-refractivity contribution in [3.05, 3.63) is 66.3 Å². The molecule has 1 amide bonds. The van der Waals surface area contributed by atoms with E-state index in [-0.39, 0.29) is 16.7 Å². The van der Waals surface area contributed by atoms with Gasteiger partial charge >= 0.3 is 0 Å². The number of carbonyl (C=O) groups excluding carboxylic acids is 1. The number of sulfonamides is 1. The highest BCUT2D eigenvalue weighted by Gasteiger charge is 2.24. The van der Waals surface area contributed by atoms with E-state index < -0.39 is 16.1 Å². The summed E-state index contributed by atoms with van der Waals surface area (Å²) in [7, 11) is -3.52. The molecule has 3 aromatic rings. The Morgan fingerprint density at radius 2 is 1.85 bits per heavy atom. The fourth-order valence-corrected chi connectivity index (χ4v) is 4.78. The molecule has 1 aromatic carbocycles. The van der Waals surface area contributed by atoms with Gasteiger partial charge in [-0.05, 0) is 41.8 Å². The Balaban J connectivity index is 1.69. The molecule has 34 heavy (non-hydrogen) atoms. The number of aromatic nitrogens is 3. The van der Waals surface area contributed by atoms with Crippen LogP contribution in [0.4, 0.5) is 0 Å². The third kappa shape index (κ3) is 5.95. The minimum absolute atomic E-state index is 0.00381. The zero-order valence-electron chi connectivity index (χ0n) is 19.7. The monoisotopic (exact) mass is 483 g/mol. The van der Waals surface area contributed by atoms with Crippen molar-refractivity contribution in [1.82, 2.24) is 24.7 Å². The summed E-state index contributed by atoms with van der Waals surface area (Å²) >= 11 is 0. The summed E-state index contributed by atoms with van der Waals surface area (Å²) in [5.41, 5.74) is 1.42. The zero-order valence-corrected chi connectivity index (χ0v) is 20.5. The second-order valence-corrected chi connectivity index (χ2v) is 9.86. The lowest BCUT2D eigenvalue weighted by Crippen LogP contribution is -2.30. The van der Waals surface area contributed by atoms with E-state index >= 15 is 0 Å². The summed E-state index contributed by atoms with van der Waals surface area (Å²) in [4.78, 5) is 21.3. The van der Waals surface area contributed by atoms with Crippen LogP contribution in [0.2, 0.25) is 0 Å². The summed E-state index contributed by atoms with van der Waals surface area (Å²) in [6.45, 7) is 8.29. The van der Waals surface area contributed by atoms with Crippen LogP contribution in [0.1, 0.15) is 45.2 Å². The summed E-state index contributed by atoms with van der Waals surface area (Å²) in [5.74, 6) is 0.378. The van der Waals surface area contributed by atoms with Gasteiger partial charge in [0.2, 0.25) is 27.6 Å². The number of pyridine rings is 1. The Morgan fingerprint density at radius 1 is 1.15 bits per heavy atom. The number of nitrogens with one attached hydrogen (secondary N) is 1. The van der Waals surface area contributed by atoms with Crippen molar-refractivity contribution in [3.8, 4) is 11.4 Å². The van der Waals surface area contributed by atoms with Gasteiger partial charge in [-0.25, -0.2) is 8.42 Å². The summed E-state index contributed by atoms with van der Waals surface area (Å²) in [6, 6.07) is 9.55. The molecule has 0 aliphatic heterocycles. The van der Waals surface area contributed by atoms with Gasteiger partial charge in [-0.3, -0.25) is 9.78 Å². The molecule has 0 bridgehead atoms. The maximum atomic E-state index is 12.6. The molecule has 10 heteroatoms. The zero-order chi connectivity index (χ0) is 24.7. The molecule has 1 atom stereocenters. The first-order valence-electron chi connectivity index (χ1n) is 11.1. The highest BCUT2D eigenvalue weighted by Crippen LogP contribution is 2.23. The normalized spacial score (nSPS) is 13.0. The lowest BCUT2D eigenvalue weighted by molar-refractivity contribution is -0.117. The number of carbonyl (C=O) groups is 1. The Labute approximate surface area is 200 Å². The molecule has 0 radical (unpaired) electrons. The summed E-state index contributed by atoms with van der Waals surface area (Å²) in [5, 5.41) is 6.89. The summed E-state index contributed by atoms with van der Waals surface area (Å²) in [6.07, 6.45) is 6.31. The highest BCUT2D eigenvalue weighted by atomic mass is 32.2. The van der Waals surface area contributed by atoms with Gasteiger partial charge in [-0.15, -0.1) is 0 Å². The van der Waals surface area contributed by atoms with E-state index in [1.54, 1.807) is 62.6 Å². The predicted molar refractivity (Wildman–Crippen MR) is 129 cm³/mol. The summed E-state index contributed by atoms with van der Waals surface area (Å²) < 4.78 is 32.0. The fraction of sp³-hybridized carbons (Fsp3) is 0.333. The van der Waals surface area contributed by atoms with Gasteiger partial charge in [0.15, 0.2) is 0 Å². The van der Waals surface area contributed by atoms with E-state index in [4.69, 9.17) is 4.52 Å². The number of amides is 1. The number of rotatable bonds is 10. The van der Waals surface area contributed by atoms with Crippen molar-refractivity contribution in [2.75, 3.05) is 13.1 Å². The molecule has 3 rings (SSSR count). The Morgan fingerprint density at radius 3 is 2.44 bits per heavy atom. The van der Waals surface area contributed by atoms with E-state index in [0.29, 0.717) is 30.4 Å². The minimum Gasteiger partial charge on any atom is -0.340 e. The van der Waals surface area contributed by atoms with Crippen molar-refractivity contribution < 1.29 is 17.7 Å². The first kappa shape index (κ1) is 25.3. The van der Waals surface area contributed by atoms with Crippen LogP contribution < -0.4 is 5.32 Å². The third-order valence-electron chi connectivity index (χ3n) is 5.24. The Kier molecular flexibility index (Phi) is 8.30. The van der Waals surface area contributed by atoms with Crippen LogP contribution in [0.3, 0.4) is 0 Å². The number of benzene rings is 1. The van der Waals surface area contributed by atoms with E-state index in [1.807, 2.05) is 19.9 Å². The van der Waals surface area contributed by atoms with Crippen molar-refractivity contribution in [2.24, 2.45) is 5.92 Å². The van der Waals surface area contributed by atoms with Crippen LogP contribution in [0, 0.1) is 5.92 Å². The van der Waals surface area contributed by atoms with E-state index in [0.717, 1.165) is 5.56 Å². The lowest BCUT2D eigenvalue weighted by atomic mass is 10.0. The fourth-order valence-electron chi connectivity index (χ4n) is 3.32. The Hall–Kier alpha value is -3.37. The minimum atomic E-state index is -3.52. The second kappa shape index (κ2) is 11.2. The van der Waals surface area contributed by atoms with Gasteiger partial charge in [-0.1, -0.05) is 45.0 Å². The van der Waals surface area contributed by atoms with Gasteiger partial charge in [0, 0.05) is 37.1 Å². The molecule has 2 aromatic heterocycles. The van der Waals surface area contributed by atoms with Crippen molar-refractivity contribution in [1.29, 1.82) is 0 Å². The Bertz CT molecular complexity index is 1220. The van der Waals surface area contributed by atoms with Crippen molar-refractivity contribution in [3.63, 3.8) is 0 Å². The van der Waals surface area contributed by atoms with Gasteiger partial charge in [0.25, 0.3) is 0 Å². The molecule has 1 unspecified atom stereocenters. The maximum absolute atomic E-state index is 12.6. The molecule has 0 spiro atoms. The maximum Gasteiger partial charge on any atom is 0.249 e. The van der Waals surface area contributed by atoms with Crippen LogP contribution in [0.15, 0.2) is 64.3 Å². The van der Waals surface area contributed by atoms with E-state index in [2.05, 4.69) is 20.4 Å². The predicted octanol–water partition coefficient (Wildman–Crippen LogP) is 3.69. The van der Waals surface area contributed by atoms with Crippen LogP contribution in [-0.2, 0) is 14.8 Å². The largest absolute Gasteiger partial charge is 0.340 e. The topological polar surface area (TPSA) is 118 Å². The number of nitrogens with zero attached hydrogens (tertiary/aromatic N) is 4. The SMILES string of the molecule is CCN(CC)S(=O)(=O)c1ccc(/C=C/C(=O)NC(c2nc(-c3cccnc3)no2)C(C)C)cc1. The van der Waals surface area contributed by atoms with Crippen molar-refractivity contribution in [2.45, 2.75) is 38.6 Å². The number of hydrogen-bond acceptors (Lipinski definition) is 7. The standard InChI is InChI=1S/C24H29N5O4S/c1-5-29(6-2)34(31,32)20-12-9-18(10-13-20)11-14-21(30)26-22(17(3)4)24-27-23(28-33-24)19-8-7-15-25-16-19/h7-17,22H,5-6H2,1-4H3,(H,26,30)/b14-11+. The van der Waals surface area contributed by atoms with Crippen LogP contribution >= 0.6 is 0 Å². The number of hydrogen-bond donors (Lipinski definition) is 1. The first-order chi connectivity index (χ1) is 16.3. The van der Waals surface area contributed by atoms with Crippen LogP contribution in [0.25, 0.3) is 17.5 Å². The molecule has 2 heterocycles. The third-order valence-corrected chi connectivity index (χ3v) is 7.31. The smallest absolute Gasteiger partial charge is 0.249 e. The highest BCUT2D eigenvalue weighted by molar-refractivity contribution is 7.89. The molecular weight excluding hydrogens is 454 g/mol. The van der Waals surface area contributed by atoms with E-state index in [1.165, 1.54) is 10.4 Å². The molecule has 1 N–H and O–H groups in total. The lowest BCUT2D eigenvalue weighted by Gasteiger charge is -2.18. The average molecular weight is 484 g/mol. The molecule has 0 saturated heterocycles. The van der Waals surface area contributed by atoms with Crippen LogP contribution in [0.5, 0.6) is 0 Å². The molecule has 9 nitrogen and oxygen atoms in total. The van der Waals surface area contributed by atoms with Crippen molar-refractivity contribution >= 4 is 22.0 Å². The molecule has 180 valence electrons. The van der Waals surface area contributed by atoms with Crippen LogP contribution in [-0.4, -0.2) is 46.8 Å². The van der Waals surface area contributed by atoms with Gasteiger partial charge < -0.3 is 9.84 Å². The molecular formula is C24H29N5O4S. The van der Waals surface area contributed by atoms with Gasteiger partial charge in [-0.2, -0.15) is 9.29 Å². The van der Waals surface area contributed by atoms with Gasteiger partial charge in [0.05, 0.1) is 4.90 Å². The molecule has 0 saturated carbocycles.